The molecule has 0 spiro atoms. The molecule has 0 radical (unpaired) electrons. The number of benzene rings is 6. The van der Waals surface area contributed by atoms with Crippen molar-refractivity contribution in [3.8, 4) is 0 Å². The third-order valence-electron chi connectivity index (χ3n) is 9.67. The number of halogens is 4. The van der Waals surface area contributed by atoms with Gasteiger partial charge in [-0.25, -0.2) is 0 Å². The second-order valence-corrected chi connectivity index (χ2v) is 23.6. The first-order valence-electron chi connectivity index (χ1n) is 21.3. The van der Waals surface area contributed by atoms with Crippen LogP contribution in [0.5, 0.6) is 0 Å². The molecule has 63 heavy (non-hydrogen) atoms. The van der Waals surface area contributed by atoms with Gasteiger partial charge in [-0.05, 0) is 74.1 Å². The van der Waals surface area contributed by atoms with Gasteiger partial charge in [-0.15, -0.1) is 40.4 Å². The molecule has 0 aromatic heterocycles. The molecule has 6 aromatic carbocycles. The van der Waals surface area contributed by atoms with Crippen molar-refractivity contribution in [1.82, 2.24) is 4.90 Å². The fourth-order valence-electron chi connectivity index (χ4n) is 6.71. The van der Waals surface area contributed by atoms with E-state index in [4.69, 9.17) is 34.8 Å². The third-order valence-corrected chi connectivity index (χ3v) is 17.7. The number of nitrogens with zero attached hydrogens (tertiary/aromatic N) is 1. The van der Waals surface area contributed by atoms with E-state index in [0.29, 0.717) is 17.6 Å². The number of nitrogens with one attached hydrogen (secondary N) is 1. The first-order chi connectivity index (χ1) is 29.7. The van der Waals surface area contributed by atoms with Crippen molar-refractivity contribution in [2.45, 2.75) is 26.4 Å². The average molecular weight is 1010 g/mol. The summed E-state index contributed by atoms with van der Waals surface area (Å²) in [7, 11) is -1.33. The van der Waals surface area contributed by atoms with Crippen molar-refractivity contribution in [3.05, 3.63) is 182 Å². The van der Waals surface area contributed by atoms with Crippen LogP contribution in [0.2, 0.25) is 0 Å². The fourth-order valence-corrected chi connectivity index (χ4v) is 14.6. The van der Waals surface area contributed by atoms with Gasteiger partial charge in [0.2, 0.25) is 0 Å². The minimum Gasteiger partial charge on any atom is -1.00 e. The molecule has 0 fully saturated rings. The summed E-state index contributed by atoms with van der Waals surface area (Å²) >= 11 is 16.7. The van der Waals surface area contributed by atoms with Crippen molar-refractivity contribution in [1.29, 1.82) is 0 Å². The Hall–Kier alpha value is -0.714. The Bertz CT molecular complexity index is 1630. The Balaban J connectivity index is 0.000000691. The molecule has 11 heteroatoms. The standard InChI is InChI=1S/C42H42NP3.C6H12Cl3N.C4H9O.ClH.K/c1-7-19-37(20-8-1)44(38-21-9-2-10-22-38)34-31-43(32-35-45(39-23-11-3-12-24-39)40-25-13-4-14-26-40)33-36-46(41-27-15-5-16-28-41)42-29-17-6-18-30-42;7-1-4-10(5-2-8)6-3-9;1-4(2,3)5;;/h1-30H,31-36H2;1-6H2;1-3H3;1H;/q;;-1;;+1. The minimum absolute atomic E-state index is 0. The van der Waals surface area contributed by atoms with Gasteiger partial charge in [0, 0.05) is 19.6 Å². The van der Waals surface area contributed by atoms with Crippen LogP contribution in [0.3, 0.4) is 0 Å². The van der Waals surface area contributed by atoms with E-state index in [2.05, 4.69) is 187 Å². The van der Waals surface area contributed by atoms with Gasteiger partial charge in [-0.1, -0.05) is 203 Å². The molecule has 0 saturated carbocycles. The minimum atomic E-state index is -0.750. The Morgan fingerprint density at radius 2 is 0.587 bits per heavy atom. The van der Waals surface area contributed by atoms with Crippen LogP contribution in [0.15, 0.2) is 182 Å². The van der Waals surface area contributed by atoms with Crippen LogP contribution in [0.25, 0.3) is 0 Å². The van der Waals surface area contributed by atoms with Gasteiger partial charge in [0.1, 0.15) is 0 Å². The van der Waals surface area contributed by atoms with Crippen molar-refractivity contribution in [2.24, 2.45) is 0 Å². The molecule has 0 aliphatic rings. The van der Waals surface area contributed by atoms with Crippen LogP contribution in [-0.4, -0.2) is 85.9 Å². The molecule has 0 aliphatic heterocycles. The summed E-state index contributed by atoms with van der Waals surface area (Å²) in [5, 5.41) is 18.9. The quantitative estimate of drug-likeness (QED) is 0.0684. The van der Waals surface area contributed by atoms with E-state index in [1.54, 1.807) is 20.8 Å². The predicted molar refractivity (Wildman–Crippen MR) is 276 cm³/mol. The van der Waals surface area contributed by atoms with Gasteiger partial charge in [0.05, 0.1) is 37.3 Å². The van der Waals surface area contributed by atoms with Crippen molar-refractivity contribution >= 4 is 90.4 Å². The molecule has 3 nitrogen and oxygen atoms in total. The van der Waals surface area contributed by atoms with E-state index in [1.807, 2.05) is 0 Å². The van der Waals surface area contributed by atoms with Crippen LogP contribution >= 0.6 is 58.6 Å². The third kappa shape index (κ3) is 23.7. The molecule has 0 saturated heterocycles. The van der Waals surface area contributed by atoms with Crippen molar-refractivity contribution in [3.63, 3.8) is 0 Å². The van der Waals surface area contributed by atoms with E-state index in [-0.39, 0.29) is 63.8 Å². The summed E-state index contributed by atoms with van der Waals surface area (Å²) in [6, 6.07) is 67.2. The van der Waals surface area contributed by atoms with Gasteiger partial charge < -0.3 is 27.3 Å². The van der Waals surface area contributed by atoms with Crippen LogP contribution in [0.4, 0.5) is 0 Å². The van der Waals surface area contributed by atoms with Gasteiger partial charge >= 0.3 is 51.4 Å². The van der Waals surface area contributed by atoms with Crippen LogP contribution < -0.4 is 106 Å². The first kappa shape index (κ1) is 58.4. The van der Waals surface area contributed by atoms with E-state index < -0.39 is 29.4 Å². The summed E-state index contributed by atoms with van der Waals surface area (Å²) in [6.07, 6.45) is 3.48. The maximum absolute atomic E-state index is 10.1. The topological polar surface area (TPSA) is 30.7 Å². The van der Waals surface area contributed by atoms with Crippen LogP contribution in [-0.2, 0) is 0 Å². The van der Waals surface area contributed by atoms with E-state index in [9.17, 15) is 5.11 Å². The van der Waals surface area contributed by atoms with Crippen molar-refractivity contribution in [2.75, 3.05) is 75.4 Å². The Morgan fingerprint density at radius 3 is 0.746 bits per heavy atom. The smallest absolute Gasteiger partial charge is 1.00 e. The second-order valence-electron chi connectivity index (χ2n) is 15.5. The normalized spacial score (nSPS) is 11.0. The summed E-state index contributed by atoms with van der Waals surface area (Å²) in [5.74, 6) is 2.05. The number of hydrogen-bond donors (Lipinski definition) is 1. The zero-order valence-corrected chi connectivity index (χ0v) is 46.3. The Labute approximate surface area is 447 Å². The zero-order valence-electron chi connectivity index (χ0n) is 37.5. The van der Waals surface area contributed by atoms with Crippen LogP contribution in [0, 0.1) is 0 Å². The fraction of sp³-hybridized carbons (Fsp3) is 0.308. The number of quaternary nitrogens is 1. The molecule has 0 amide bonds. The first-order valence-corrected chi connectivity index (χ1v) is 27.5. The maximum Gasteiger partial charge on any atom is 1.00 e. The number of alkyl halides is 3. The molecule has 6 rings (SSSR count). The van der Waals surface area contributed by atoms with Crippen LogP contribution in [0.1, 0.15) is 20.8 Å². The molecule has 0 heterocycles. The van der Waals surface area contributed by atoms with Gasteiger partial charge in [0.25, 0.3) is 0 Å². The number of rotatable bonds is 21. The average Bonchev–Trinajstić information content (AvgIpc) is 3.28. The molecular weight excluding hydrogens is 942 g/mol. The largest absolute Gasteiger partial charge is 1.00 e. The van der Waals surface area contributed by atoms with E-state index in [1.165, 1.54) is 36.7 Å². The molecule has 0 unspecified atom stereocenters. The van der Waals surface area contributed by atoms with E-state index >= 15 is 0 Å². The van der Waals surface area contributed by atoms with E-state index in [0.717, 1.165) is 57.8 Å². The molecule has 332 valence electrons. The number of hydrogen-bond acceptors (Lipinski definition) is 2. The predicted octanol–water partition coefficient (Wildman–Crippen LogP) is 2.43. The molecule has 0 bridgehead atoms. The second kappa shape index (κ2) is 34.6. The monoisotopic (exact) mass is 1000 g/mol. The summed E-state index contributed by atoms with van der Waals surface area (Å²) in [6.45, 7) is 11.1. The Morgan fingerprint density at radius 1 is 0.413 bits per heavy atom. The molecular formula is C52H64Cl4KN2OP3. The van der Waals surface area contributed by atoms with Gasteiger partial charge in [-0.2, -0.15) is 0 Å². The SMILES string of the molecule is CC(C)(C)[O-].ClCC[NH+](CCCl)CCCl.[Cl-].[K+].c1ccc(P(CCN(CCP(c2ccccc2)c2ccccc2)CCP(c2ccccc2)c2ccccc2)c2ccccc2)cc1. The summed E-state index contributed by atoms with van der Waals surface area (Å²) in [5.41, 5.74) is -0.750. The van der Waals surface area contributed by atoms with Gasteiger partial charge in [0.15, 0.2) is 0 Å². The van der Waals surface area contributed by atoms with Gasteiger partial charge in [-0.3, -0.25) is 0 Å². The Kier molecular flexibility index (Phi) is 32.0. The summed E-state index contributed by atoms with van der Waals surface area (Å²) < 4.78 is 0. The van der Waals surface area contributed by atoms with Crippen molar-refractivity contribution < 1.29 is 73.8 Å². The molecule has 1 N–H and O–H groups in total. The molecule has 6 aromatic rings. The molecule has 0 aliphatic carbocycles. The summed E-state index contributed by atoms with van der Waals surface area (Å²) in [4.78, 5) is 4.18. The maximum atomic E-state index is 10.1. The molecule has 0 atom stereocenters. The zero-order chi connectivity index (χ0) is 43.5.